The van der Waals surface area contributed by atoms with Crippen LogP contribution in [0.4, 0.5) is 5.13 Å². The van der Waals surface area contributed by atoms with Crippen LogP contribution in [0.3, 0.4) is 0 Å². The number of nitrogens with zero attached hydrogens (tertiary/aromatic N) is 2. The van der Waals surface area contributed by atoms with E-state index >= 15 is 0 Å². The molecule has 0 aliphatic carbocycles. The molecule has 2 aromatic carbocycles. The predicted octanol–water partition coefficient (Wildman–Crippen LogP) is 0.441. The summed E-state index contributed by atoms with van der Waals surface area (Å²) in [5.74, 6) is 0.962. The molecule has 0 atom stereocenters. The summed E-state index contributed by atoms with van der Waals surface area (Å²) < 4.78 is 2.15. The molecule has 0 saturated heterocycles. The molecule has 0 amide bonds. The largest absolute Gasteiger partial charge is 1.00 e. The molecular formula is C16H16ClN3S. The Morgan fingerprint density at radius 2 is 1.67 bits per heavy atom. The van der Waals surface area contributed by atoms with Crippen molar-refractivity contribution in [2.45, 2.75) is 6.92 Å². The third-order valence-electron chi connectivity index (χ3n) is 3.09. The number of aromatic nitrogens is 2. The number of hydrogen-bond donors (Lipinski definition) is 1. The molecule has 0 aliphatic rings. The van der Waals surface area contributed by atoms with Crippen molar-refractivity contribution < 1.29 is 16.4 Å². The topological polar surface area (TPSA) is 28.8 Å². The quantitative estimate of drug-likeness (QED) is 0.710. The minimum atomic E-state index is 0. The molecular weight excluding hydrogens is 302 g/mol. The molecule has 0 aliphatic heterocycles. The fourth-order valence-electron chi connectivity index (χ4n) is 2.02. The first kappa shape index (κ1) is 15.5. The van der Waals surface area contributed by atoms with E-state index in [1.165, 1.54) is 5.56 Å². The Morgan fingerprint density at radius 1 is 1.00 bits per heavy atom. The van der Waals surface area contributed by atoms with Crippen molar-refractivity contribution >= 4 is 16.7 Å². The lowest BCUT2D eigenvalue weighted by Gasteiger charge is -1.98. The van der Waals surface area contributed by atoms with E-state index < -0.39 is 0 Å². The maximum absolute atomic E-state index is 4.67. The van der Waals surface area contributed by atoms with Gasteiger partial charge in [-0.3, -0.25) is 0 Å². The summed E-state index contributed by atoms with van der Waals surface area (Å²) in [5, 5.41) is 4.03. The van der Waals surface area contributed by atoms with Crippen molar-refractivity contribution in [1.82, 2.24) is 4.98 Å². The molecule has 0 radical (unpaired) electrons. The SMILES string of the molecule is CNc1nc(-c2ccccc2)[n+](-c2ccc(C)cc2)s1.[Cl-]. The Bertz CT molecular complexity index is 708. The van der Waals surface area contributed by atoms with Crippen LogP contribution in [0.15, 0.2) is 54.6 Å². The Kier molecular flexibility index (Phi) is 4.94. The van der Waals surface area contributed by atoms with E-state index in [-0.39, 0.29) is 12.4 Å². The number of nitrogens with one attached hydrogen (secondary N) is 1. The highest BCUT2D eigenvalue weighted by Crippen LogP contribution is 2.21. The van der Waals surface area contributed by atoms with Crippen LogP contribution in [0.1, 0.15) is 5.56 Å². The van der Waals surface area contributed by atoms with Gasteiger partial charge in [0.05, 0.1) is 5.56 Å². The van der Waals surface area contributed by atoms with Crippen LogP contribution < -0.4 is 21.7 Å². The first-order valence-corrected chi connectivity index (χ1v) is 7.29. The van der Waals surface area contributed by atoms with Gasteiger partial charge in [0.1, 0.15) is 17.2 Å². The summed E-state index contributed by atoms with van der Waals surface area (Å²) in [7, 11) is 1.90. The minimum Gasteiger partial charge on any atom is -1.00 e. The summed E-state index contributed by atoms with van der Waals surface area (Å²) in [6, 6.07) is 18.7. The molecule has 0 spiro atoms. The highest BCUT2D eigenvalue weighted by molar-refractivity contribution is 7.06. The van der Waals surface area contributed by atoms with Crippen molar-refractivity contribution in [2.75, 3.05) is 12.4 Å². The van der Waals surface area contributed by atoms with Crippen LogP contribution in [0, 0.1) is 6.92 Å². The standard InChI is InChI=1S/C16H15N3S.ClH/c1-12-8-10-14(11-9-12)19-15(18-16(17-2)20-19)13-6-4-3-5-7-13;/h3-11H,1-2H3;1H. The summed E-state index contributed by atoms with van der Waals surface area (Å²) in [6.45, 7) is 2.10. The molecule has 1 heterocycles. The van der Waals surface area contributed by atoms with Gasteiger partial charge in [0.2, 0.25) is 0 Å². The molecule has 3 rings (SSSR count). The zero-order chi connectivity index (χ0) is 13.9. The van der Waals surface area contributed by atoms with Crippen molar-refractivity contribution in [3.8, 4) is 17.1 Å². The van der Waals surface area contributed by atoms with Gasteiger partial charge in [0.25, 0.3) is 0 Å². The van der Waals surface area contributed by atoms with Gasteiger partial charge in [-0.05, 0) is 36.2 Å². The molecule has 1 N–H and O–H groups in total. The second kappa shape index (κ2) is 6.70. The van der Waals surface area contributed by atoms with Gasteiger partial charge in [-0.1, -0.05) is 35.9 Å². The predicted molar refractivity (Wildman–Crippen MR) is 83.4 cm³/mol. The average Bonchev–Trinajstić information content (AvgIpc) is 2.93. The van der Waals surface area contributed by atoms with Crippen LogP contribution in [0.25, 0.3) is 17.1 Å². The number of halogens is 1. The van der Waals surface area contributed by atoms with Gasteiger partial charge in [-0.2, -0.15) is 0 Å². The van der Waals surface area contributed by atoms with Gasteiger partial charge in [0.15, 0.2) is 0 Å². The lowest BCUT2D eigenvalue weighted by molar-refractivity contribution is -0.509. The average molecular weight is 318 g/mol. The lowest BCUT2D eigenvalue weighted by atomic mass is 10.2. The lowest BCUT2D eigenvalue weighted by Crippen LogP contribution is -3.00. The monoisotopic (exact) mass is 317 g/mol. The number of anilines is 1. The zero-order valence-electron chi connectivity index (χ0n) is 11.9. The molecule has 108 valence electrons. The summed E-state index contributed by atoms with van der Waals surface area (Å²) in [4.78, 5) is 4.67. The van der Waals surface area contributed by atoms with Crippen LogP contribution in [-0.2, 0) is 0 Å². The van der Waals surface area contributed by atoms with Gasteiger partial charge in [0, 0.05) is 7.05 Å². The van der Waals surface area contributed by atoms with E-state index in [2.05, 4.69) is 57.6 Å². The summed E-state index contributed by atoms with van der Waals surface area (Å²) in [6.07, 6.45) is 0. The van der Waals surface area contributed by atoms with E-state index in [1.807, 2.05) is 25.2 Å². The number of hydrogen-bond acceptors (Lipinski definition) is 3. The highest BCUT2D eigenvalue weighted by Gasteiger charge is 2.23. The van der Waals surface area contributed by atoms with Crippen molar-refractivity contribution in [1.29, 1.82) is 0 Å². The second-order valence-corrected chi connectivity index (χ2v) is 5.51. The third-order valence-corrected chi connectivity index (χ3v) is 4.13. The van der Waals surface area contributed by atoms with E-state index in [0.717, 1.165) is 22.2 Å². The molecule has 21 heavy (non-hydrogen) atoms. The fourth-order valence-corrected chi connectivity index (χ4v) is 2.87. The minimum absolute atomic E-state index is 0. The maximum atomic E-state index is 4.67. The zero-order valence-corrected chi connectivity index (χ0v) is 13.4. The number of benzene rings is 2. The number of aryl methyl sites for hydroxylation is 1. The Balaban J connectivity index is 0.00000161. The molecule has 3 aromatic rings. The van der Waals surface area contributed by atoms with E-state index in [4.69, 9.17) is 0 Å². The van der Waals surface area contributed by atoms with Gasteiger partial charge >= 0.3 is 11.0 Å². The van der Waals surface area contributed by atoms with Gasteiger partial charge in [-0.25, -0.2) is 0 Å². The first-order chi connectivity index (χ1) is 9.78. The molecule has 0 fully saturated rings. The van der Waals surface area contributed by atoms with E-state index in [0.29, 0.717) is 0 Å². The van der Waals surface area contributed by atoms with Crippen molar-refractivity contribution in [2.24, 2.45) is 0 Å². The third kappa shape index (κ3) is 3.23. The summed E-state index contributed by atoms with van der Waals surface area (Å²) in [5.41, 5.74) is 3.51. The van der Waals surface area contributed by atoms with Gasteiger partial charge < -0.3 is 17.7 Å². The Labute approximate surface area is 134 Å². The smallest absolute Gasteiger partial charge is 0.350 e. The normalized spacial score (nSPS) is 10.0. The molecule has 0 unspecified atom stereocenters. The first-order valence-electron chi connectivity index (χ1n) is 6.51. The molecule has 0 bridgehead atoms. The molecule has 3 nitrogen and oxygen atoms in total. The van der Waals surface area contributed by atoms with Crippen LogP contribution in [0.5, 0.6) is 0 Å². The van der Waals surface area contributed by atoms with Gasteiger partial charge in [-0.15, -0.1) is 3.96 Å². The second-order valence-electron chi connectivity index (χ2n) is 4.58. The summed E-state index contributed by atoms with van der Waals surface area (Å²) >= 11 is 1.61. The van der Waals surface area contributed by atoms with Crippen LogP contribution in [0.2, 0.25) is 0 Å². The van der Waals surface area contributed by atoms with E-state index in [1.54, 1.807) is 11.5 Å². The highest BCUT2D eigenvalue weighted by atomic mass is 35.5. The van der Waals surface area contributed by atoms with Crippen molar-refractivity contribution in [3.05, 3.63) is 60.2 Å². The van der Waals surface area contributed by atoms with Crippen LogP contribution in [-0.4, -0.2) is 12.0 Å². The van der Waals surface area contributed by atoms with Crippen molar-refractivity contribution in [3.63, 3.8) is 0 Å². The maximum Gasteiger partial charge on any atom is 0.350 e. The molecule has 1 aromatic heterocycles. The molecule has 0 saturated carbocycles. The molecule has 5 heteroatoms. The fraction of sp³-hybridized carbons (Fsp3) is 0.125. The van der Waals surface area contributed by atoms with E-state index in [9.17, 15) is 0 Å². The number of rotatable bonds is 3. The Hall–Kier alpha value is -1.91. The Morgan fingerprint density at radius 3 is 2.29 bits per heavy atom. The van der Waals surface area contributed by atoms with Crippen LogP contribution >= 0.6 is 11.5 Å².